The van der Waals surface area contributed by atoms with Crippen molar-refractivity contribution in [2.45, 2.75) is 6.42 Å². The van der Waals surface area contributed by atoms with E-state index in [1.807, 2.05) is 6.07 Å². The summed E-state index contributed by atoms with van der Waals surface area (Å²) < 4.78 is 0.957. The third-order valence-corrected chi connectivity index (χ3v) is 4.27. The molecule has 1 aromatic carbocycles. The topological polar surface area (TPSA) is 20.3 Å². The van der Waals surface area contributed by atoms with Crippen LogP contribution in [0.4, 0.5) is 0 Å². The van der Waals surface area contributed by atoms with Gasteiger partial charge in [-0.1, -0.05) is 27.5 Å². The molecule has 2 nitrogen and oxygen atoms in total. The molecule has 0 N–H and O–H groups in total. The van der Waals surface area contributed by atoms with Gasteiger partial charge in [0.2, 0.25) is 0 Å². The molecule has 16 heavy (non-hydrogen) atoms. The van der Waals surface area contributed by atoms with E-state index in [1.165, 1.54) is 0 Å². The largest absolute Gasteiger partial charge is 0.342 e. The molecule has 0 fully saturated rings. The minimum absolute atomic E-state index is 0.0132. The zero-order chi connectivity index (χ0) is 12.1. The second kappa shape index (κ2) is 6.81. The van der Waals surface area contributed by atoms with E-state index < -0.39 is 0 Å². The summed E-state index contributed by atoms with van der Waals surface area (Å²) in [6.07, 6.45) is 0.945. The number of alkyl halides is 1. The third-order valence-electron chi connectivity index (χ3n) is 2.14. The highest BCUT2D eigenvalue weighted by Gasteiger charge is 2.12. The Bertz CT molecular complexity index is 386. The number of hydrogen-bond acceptors (Lipinski definition) is 1. The Morgan fingerprint density at radius 3 is 2.81 bits per heavy atom. The van der Waals surface area contributed by atoms with Crippen LogP contribution in [0.2, 0.25) is 5.02 Å². The molecule has 0 aromatic heterocycles. The Morgan fingerprint density at radius 2 is 2.25 bits per heavy atom. The lowest BCUT2D eigenvalue weighted by Crippen LogP contribution is -2.27. The van der Waals surface area contributed by atoms with E-state index in [0.717, 1.165) is 21.9 Å². The molecule has 0 aliphatic carbocycles. The molecule has 0 bridgehead atoms. The fourth-order valence-electron chi connectivity index (χ4n) is 1.25. The predicted molar refractivity (Wildman–Crippen MR) is 79.5 cm³/mol. The normalized spacial score (nSPS) is 10.2. The van der Waals surface area contributed by atoms with Crippen molar-refractivity contribution >= 4 is 56.0 Å². The molecule has 0 unspecified atom stereocenters. The zero-order valence-corrected chi connectivity index (χ0v) is 13.3. The van der Waals surface area contributed by atoms with Gasteiger partial charge in [-0.05, 0) is 47.2 Å². The summed E-state index contributed by atoms with van der Waals surface area (Å²) in [5, 5.41) is 1.53. The second-order valence-corrected chi connectivity index (χ2v) is 5.76. The first-order valence-electron chi connectivity index (χ1n) is 4.82. The summed E-state index contributed by atoms with van der Waals surface area (Å²) in [4.78, 5) is 13.7. The van der Waals surface area contributed by atoms with Crippen molar-refractivity contribution in [3.05, 3.63) is 32.4 Å². The lowest BCUT2D eigenvalue weighted by atomic mass is 10.2. The van der Waals surface area contributed by atoms with Crippen LogP contribution in [-0.2, 0) is 0 Å². The molecule has 1 rings (SSSR count). The summed E-state index contributed by atoms with van der Waals surface area (Å²) in [5.41, 5.74) is 0.641. The van der Waals surface area contributed by atoms with Gasteiger partial charge in [0.1, 0.15) is 0 Å². The van der Waals surface area contributed by atoms with E-state index in [1.54, 1.807) is 24.1 Å². The number of benzene rings is 1. The van der Waals surface area contributed by atoms with Crippen LogP contribution in [-0.4, -0.2) is 29.7 Å². The van der Waals surface area contributed by atoms with Crippen molar-refractivity contribution in [1.82, 2.24) is 4.90 Å². The van der Waals surface area contributed by atoms with E-state index in [9.17, 15) is 4.79 Å². The molecule has 0 heterocycles. The Hall–Kier alpha value is 0.190. The number of nitrogens with zero attached hydrogens (tertiary/aromatic N) is 1. The van der Waals surface area contributed by atoms with Crippen LogP contribution in [0, 0.1) is 3.57 Å². The third kappa shape index (κ3) is 3.89. The summed E-state index contributed by atoms with van der Waals surface area (Å²) in [6, 6.07) is 5.38. The van der Waals surface area contributed by atoms with Crippen LogP contribution < -0.4 is 0 Å². The highest BCUT2D eigenvalue weighted by Crippen LogP contribution is 2.20. The molecule has 0 saturated carbocycles. The van der Waals surface area contributed by atoms with Gasteiger partial charge >= 0.3 is 0 Å². The first kappa shape index (κ1) is 14.3. The molecule has 1 amide bonds. The lowest BCUT2D eigenvalue weighted by molar-refractivity contribution is 0.0795. The van der Waals surface area contributed by atoms with Crippen LogP contribution >= 0.6 is 50.1 Å². The minimum Gasteiger partial charge on any atom is -0.342 e. The van der Waals surface area contributed by atoms with E-state index in [-0.39, 0.29) is 5.91 Å². The molecule has 88 valence electrons. The maximum atomic E-state index is 12.0. The van der Waals surface area contributed by atoms with Crippen LogP contribution in [0.25, 0.3) is 0 Å². The Balaban J connectivity index is 2.76. The van der Waals surface area contributed by atoms with Crippen molar-refractivity contribution in [1.29, 1.82) is 0 Å². The van der Waals surface area contributed by atoms with Crippen molar-refractivity contribution in [2.75, 3.05) is 18.9 Å². The van der Waals surface area contributed by atoms with E-state index in [2.05, 4.69) is 38.5 Å². The van der Waals surface area contributed by atoms with Crippen LogP contribution in [0.5, 0.6) is 0 Å². The molecule has 0 saturated heterocycles. The molecule has 0 aliphatic rings. The van der Waals surface area contributed by atoms with Gasteiger partial charge in [-0.3, -0.25) is 4.79 Å². The molecule has 5 heteroatoms. The molecular weight excluding hydrogens is 404 g/mol. The average Bonchev–Trinajstić information content (AvgIpc) is 2.28. The second-order valence-electron chi connectivity index (χ2n) is 3.40. The van der Waals surface area contributed by atoms with Crippen molar-refractivity contribution in [2.24, 2.45) is 0 Å². The van der Waals surface area contributed by atoms with Gasteiger partial charge in [0.15, 0.2) is 0 Å². The van der Waals surface area contributed by atoms with Gasteiger partial charge in [0, 0.05) is 28.1 Å². The summed E-state index contributed by atoms with van der Waals surface area (Å²) in [7, 11) is 1.80. The standard InChI is InChI=1S/C11H12BrClINO/c1-15(6-2-5-12)11(16)8-3-4-10(14)9(13)7-8/h3-4,7H,2,5-6H2,1H3. The molecule has 0 atom stereocenters. The van der Waals surface area contributed by atoms with Gasteiger partial charge in [-0.2, -0.15) is 0 Å². The van der Waals surface area contributed by atoms with Crippen molar-refractivity contribution < 1.29 is 4.79 Å². The van der Waals surface area contributed by atoms with Crippen molar-refractivity contribution in [3.63, 3.8) is 0 Å². The Kier molecular flexibility index (Phi) is 6.07. The van der Waals surface area contributed by atoms with E-state index in [4.69, 9.17) is 11.6 Å². The van der Waals surface area contributed by atoms with Crippen LogP contribution in [0.1, 0.15) is 16.8 Å². The van der Waals surface area contributed by atoms with Gasteiger partial charge in [-0.25, -0.2) is 0 Å². The number of rotatable bonds is 4. The molecule has 1 aromatic rings. The minimum atomic E-state index is 0.0132. The SMILES string of the molecule is CN(CCCBr)C(=O)c1ccc(I)c(Cl)c1. The monoisotopic (exact) mass is 415 g/mol. The smallest absolute Gasteiger partial charge is 0.253 e. The Morgan fingerprint density at radius 1 is 1.56 bits per heavy atom. The number of carbonyl (C=O) groups is 1. The number of hydrogen-bond donors (Lipinski definition) is 0. The van der Waals surface area contributed by atoms with Gasteiger partial charge in [0.25, 0.3) is 5.91 Å². The van der Waals surface area contributed by atoms with Crippen LogP contribution in [0.3, 0.4) is 0 Å². The van der Waals surface area contributed by atoms with Gasteiger partial charge < -0.3 is 4.90 Å². The molecule has 0 aliphatic heterocycles. The van der Waals surface area contributed by atoms with E-state index in [0.29, 0.717) is 10.6 Å². The number of halogens is 3. The summed E-state index contributed by atoms with van der Waals surface area (Å²) in [5.74, 6) is 0.0132. The summed E-state index contributed by atoms with van der Waals surface area (Å²) >= 11 is 11.5. The Labute approximate surface area is 123 Å². The number of amides is 1. The molecule has 0 spiro atoms. The average molecular weight is 416 g/mol. The zero-order valence-electron chi connectivity index (χ0n) is 8.84. The fourth-order valence-corrected chi connectivity index (χ4v) is 2.01. The molecular formula is C11H12BrClINO. The first-order chi connectivity index (χ1) is 7.56. The highest BCUT2D eigenvalue weighted by molar-refractivity contribution is 14.1. The first-order valence-corrected chi connectivity index (χ1v) is 7.40. The van der Waals surface area contributed by atoms with Crippen LogP contribution in [0.15, 0.2) is 18.2 Å². The lowest BCUT2D eigenvalue weighted by Gasteiger charge is -2.16. The highest BCUT2D eigenvalue weighted by atomic mass is 127. The maximum absolute atomic E-state index is 12.0. The van der Waals surface area contributed by atoms with E-state index >= 15 is 0 Å². The predicted octanol–water partition coefficient (Wildman–Crippen LogP) is 3.80. The van der Waals surface area contributed by atoms with Crippen molar-refractivity contribution in [3.8, 4) is 0 Å². The van der Waals surface area contributed by atoms with Gasteiger partial charge in [0.05, 0.1) is 5.02 Å². The van der Waals surface area contributed by atoms with Gasteiger partial charge in [-0.15, -0.1) is 0 Å². The number of carbonyl (C=O) groups excluding carboxylic acids is 1. The molecule has 0 radical (unpaired) electrons. The maximum Gasteiger partial charge on any atom is 0.253 e. The fraction of sp³-hybridized carbons (Fsp3) is 0.364. The summed E-state index contributed by atoms with van der Waals surface area (Å²) in [6.45, 7) is 0.744. The quantitative estimate of drug-likeness (QED) is 0.540.